The summed E-state index contributed by atoms with van der Waals surface area (Å²) in [5, 5.41) is 2.72. The fourth-order valence-corrected chi connectivity index (χ4v) is 3.45. The first-order valence-electron chi connectivity index (χ1n) is 8.40. The number of amides is 2. The number of ether oxygens (including phenoxy) is 1. The van der Waals surface area contributed by atoms with E-state index in [1.165, 1.54) is 12.6 Å². The minimum Gasteiger partial charge on any atom is -0.438 e. The molecule has 3 rings (SSSR count). The van der Waals surface area contributed by atoms with E-state index in [4.69, 9.17) is 9.15 Å². The van der Waals surface area contributed by atoms with E-state index in [0.717, 1.165) is 32.6 Å². The van der Waals surface area contributed by atoms with Gasteiger partial charge in [0.25, 0.3) is 5.91 Å². The van der Waals surface area contributed by atoms with Crippen LogP contribution >= 0.6 is 0 Å². The van der Waals surface area contributed by atoms with Crippen molar-refractivity contribution in [1.29, 1.82) is 0 Å². The van der Waals surface area contributed by atoms with Crippen LogP contribution in [0.4, 0.5) is 0 Å². The van der Waals surface area contributed by atoms with Crippen molar-refractivity contribution in [2.75, 3.05) is 46.4 Å². The largest absolute Gasteiger partial charge is 0.438 e. The third-order valence-corrected chi connectivity index (χ3v) is 4.81. The average molecular weight is 336 g/mol. The van der Waals surface area contributed by atoms with Crippen molar-refractivity contribution in [2.24, 2.45) is 5.92 Å². The predicted molar refractivity (Wildman–Crippen MR) is 85.4 cm³/mol. The topological polar surface area (TPSA) is 87.9 Å². The van der Waals surface area contributed by atoms with Crippen LogP contribution in [0.5, 0.6) is 0 Å². The second kappa shape index (κ2) is 7.76. The van der Waals surface area contributed by atoms with E-state index in [9.17, 15) is 9.59 Å². The maximum atomic E-state index is 12.6. The predicted octanol–water partition coefficient (Wildman–Crippen LogP) is -0.0264. The molecule has 0 bridgehead atoms. The van der Waals surface area contributed by atoms with E-state index in [1.54, 1.807) is 11.9 Å². The van der Waals surface area contributed by atoms with Gasteiger partial charge in [-0.3, -0.25) is 14.5 Å². The Morgan fingerprint density at radius 3 is 2.71 bits per heavy atom. The van der Waals surface area contributed by atoms with Gasteiger partial charge in [-0.1, -0.05) is 0 Å². The number of oxazole rings is 1. The van der Waals surface area contributed by atoms with Gasteiger partial charge in [0.05, 0.1) is 12.1 Å². The highest BCUT2D eigenvalue weighted by molar-refractivity contribution is 5.91. The molecule has 0 spiro atoms. The zero-order valence-corrected chi connectivity index (χ0v) is 13.9. The quantitative estimate of drug-likeness (QED) is 0.834. The van der Waals surface area contributed by atoms with Crippen molar-refractivity contribution < 1.29 is 18.7 Å². The standard InChI is InChI=1S/C16H24N4O4/c1-17-15(21)12-9-19(13-2-6-23-7-3-13)4-5-20(10-12)16(22)14-8-18-11-24-14/h8,11-13H,2-7,9-10H2,1H3,(H,17,21). The molecule has 0 radical (unpaired) electrons. The van der Waals surface area contributed by atoms with Crippen LogP contribution in [0.15, 0.2) is 17.0 Å². The van der Waals surface area contributed by atoms with Gasteiger partial charge in [-0.25, -0.2) is 4.98 Å². The lowest BCUT2D eigenvalue weighted by Gasteiger charge is -2.34. The van der Waals surface area contributed by atoms with Crippen molar-refractivity contribution in [1.82, 2.24) is 20.1 Å². The van der Waals surface area contributed by atoms with E-state index in [2.05, 4.69) is 15.2 Å². The molecule has 2 aliphatic rings. The van der Waals surface area contributed by atoms with E-state index in [0.29, 0.717) is 25.7 Å². The molecule has 2 amide bonds. The summed E-state index contributed by atoms with van der Waals surface area (Å²) >= 11 is 0. The molecule has 8 nitrogen and oxygen atoms in total. The molecule has 24 heavy (non-hydrogen) atoms. The summed E-state index contributed by atoms with van der Waals surface area (Å²) in [6, 6.07) is 0.409. The molecule has 2 fully saturated rings. The minimum absolute atomic E-state index is 0.0377. The van der Waals surface area contributed by atoms with Crippen LogP contribution in [0.1, 0.15) is 23.4 Å². The van der Waals surface area contributed by atoms with Gasteiger partial charge in [0.1, 0.15) is 0 Å². The maximum absolute atomic E-state index is 12.6. The third-order valence-electron chi connectivity index (χ3n) is 4.81. The first-order chi connectivity index (χ1) is 11.7. The normalized spacial score (nSPS) is 23.7. The molecular formula is C16H24N4O4. The average Bonchev–Trinajstić information content (AvgIpc) is 3.07. The van der Waals surface area contributed by atoms with Crippen molar-refractivity contribution in [3.05, 3.63) is 18.4 Å². The van der Waals surface area contributed by atoms with Gasteiger partial charge in [-0.2, -0.15) is 0 Å². The van der Waals surface area contributed by atoms with Gasteiger partial charge in [-0.05, 0) is 12.8 Å². The number of nitrogens with zero attached hydrogens (tertiary/aromatic N) is 3. The lowest BCUT2D eigenvalue weighted by Crippen LogP contribution is -2.45. The van der Waals surface area contributed by atoms with Crippen molar-refractivity contribution >= 4 is 11.8 Å². The monoisotopic (exact) mass is 336 g/mol. The van der Waals surface area contributed by atoms with Crippen LogP contribution in [0, 0.1) is 5.92 Å². The summed E-state index contributed by atoms with van der Waals surface area (Å²) in [6.07, 6.45) is 4.60. The Morgan fingerprint density at radius 1 is 1.25 bits per heavy atom. The third kappa shape index (κ3) is 3.76. The molecule has 2 aliphatic heterocycles. The van der Waals surface area contributed by atoms with Crippen molar-refractivity contribution in [2.45, 2.75) is 18.9 Å². The van der Waals surface area contributed by atoms with Gasteiger partial charge >= 0.3 is 0 Å². The van der Waals surface area contributed by atoms with Crippen LogP contribution < -0.4 is 5.32 Å². The molecule has 0 aliphatic carbocycles. The molecule has 1 N–H and O–H groups in total. The summed E-state index contributed by atoms with van der Waals surface area (Å²) in [4.78, 5) is 32.7. The molecule has 1 atom stereocenters. The summed E-state index contributed by atoms with van der Waals surface area (Å²) < 4.78 is 10.6. The van der Waals surface area contributed by atoms with Crippen molar-refractivity contribution in [3.8, 4) is 0 Å². The Labute approximate surface area is 141 Å². The smallest absolute Gasteiger partial charge is 0.291 e. The molecule has 2 saturated heterocycles. The highest BCUT2D eigenvalue weighted by Gasteiger charge is 2.33. The lowest BCUT2D eigenvalue weighted by atomic mass is 10.0. The van der Waals surface area contributed by atoms with Gasteiger partial charge in [0, 0.05) is 52.5 Å². The van der Waals surface area contributed by atoms with Crippen LogP contribution in [0.25, 0.3) is 0 Å². The Kier molecular flexibility index (Phi) is 5.47. The molecular weight excluding hydrogens is 312 g/mol. The summed E-state index contributed by atoms with van der Waals surface area (Å²) in [7, 11) is 1.63. The van der Waals surface area contributed by atoms with E-state index < -0.39 is 0 Å². The fraction of sp³-hybridized carbons (Fsp3) is 0.688. The molecule has 3 heterocycles. The first-order valence-corrected chi connectivity index (χ1v) is 8.40. The molecule has 1 unspecified atom stereocenters. The molecule has 0 saturated carbocycles. The second-order valence-electron chi connectivity index (χ2n) is 6.27. The van der Waals surface area contributed by atoms with Crippen LogP contribution in [-0.4, -0.2) is 79.1 Å². The number of carbonyl (C=O) groups excluding carboxylic acids is 2. The maximum Gasteiger partial charge on any atom is 0.291 e. The molecule has 1 aromatic rings. The number of rotatable bonds is 3. The van der Waals surface area contributed by atoms with Crippen LogP contribution in [0.2, 0.25) is 0 Å². The summed E-state index contributed by atoms with van der Waals surface area (Å²) in [5.74, 6) is -0.294. The Bertz CT molecular complexity index is 556. The Hall–Kier alpha value is -1.93. The Morgan fingerprint density at radius 2 is 2.04 bits per heavy atom. The van der Waals surface area contributed by atoms with Gasteiger partial charge < -0.3 is 19.4 Å². The highest BCUT2D eigenvalue weighted by Crippen LogP contribution is 2.20. The lowest BCUT2D eigenvalue weighted by molar-refractivity contribution is -0.125. The Balaban J connectivity index is 1.74. The summed E-state index contributed by atoms with van der Waals surface area (Å²) in [6.45, 7) is 3.88. The van der Waals surface area contributed by atoms with Gasteiger partial charge in [0.2, 0.25) is 11.7 Å². The molecule has 1 aromatic heterocycles. The zero-order chi connectivity index (χ0) is 16.9. The summed E-state index contributed by atoms with van der Waals surface area (Å²) in [5.41, 5.74) is 0. The van der Waals surface area contributed by atoms with Crippen LogP contribution in [0.3, 0.4) is 0 Å². The number of aromatic nitrogens is 1. The van der Waals surface area contributed by atoms with E-state index in [-0.39, 0.29) is 23.5 Å². The SMILES string of the molecule is CNC(=O)C1CN(C(=O)c2cnco2)CCN(C2CCOCC2)C1. The highest BCUT2D eigenvalue weighted by atomic mass is 16.5. The number of nitrogens with one attached hydrogen (secondary N) is 1. The zero-order valence-electron chi connectivity index (χ0n) is 13.9. The second-order valence-corrected chi connectivity index (χ2v) is 6.27. The first kappa shape index (κ1) is 16.9. The number of hydrogen-bond donors (Lipinski definition) is 1. The molecule has 132 valence electrons. The fourth-order valence-electron chi connectivity index (χ4n) is 3.45. The van der Waals surface area contributed by atoms with Crippen LogP contribution in [-0.2, 0) is 9.53 Å². The minimum atomic E-state index is -0.257. The molecule has 0 aromatic carbocycles. The van der Waals surface area contributed by atoms with E-state index >= 15 is 0 Å². The number of hydrogen-bond acceptors (Lipinski definition) is 6. The van der Waals surface area contributed by atoms with Gasteiger partial charge in [0.15, 0.2) is 6.39 Å². The number of carbonyl (C=O) groups is 2. The van der Waals surface area contributed by atoms with Gasteiger partial charge in [-0.15, -0.1) is 0 Å². The molecule has 8 heteroatoms. The van der Waals surface area contributed by atoms with E-state index in [1.807, 2.05) is 0 Å². The van der Waals surface area contributed by atoms with Crippen molar-refractivity contribution in [3.63, 3.8) is 0 Å².